The molecule has 0 atom stereocenters. The van der Waals surface area contributed by atoms with Crippen molar-refractivity contribution in [2.75, 3.05) is 0 Å². The van der Waals surface area contributed by atoms with Gasteiger partial charge in [0.25, 0.3) is 0 Å². The van der Waals surface area contributed by atoms with Crippen LogP contribution < -0.4 is 0 Å². The fraction of sp³-hybridized carbons (Fsp3) is 0.385. The number of rotatable bonds is 2. The van der Waals surface area contributed by atoms with Crippen molar-refractivity contribution in [3.63, 3.8) is 0 Å². The average Bonchev–Trinajstić information content (AvgIpc) is 3.12. The monoisotopic (exact) mass is 285 g/mol. The van der Waals surface area contributed by atoms with Crippen LogP contribution in [0.3, 0.4) is 0 Å². The Morgan fingerprint density at radius 2 is 1.95 bits per heavy atom. The van der Waals surface area contributed by atoms with E-state index in [2.05, 4.69) is 10.1 Å². The molecule has 0 bridgehead atoms. The van der Waals surface area contributed by atoms with E-state index in [-0.39, 0.29) is 11.4 Å². The van der Waals surface area contributed by atoms with Gasteiger partial charge in [0.2, 0.25) is 0 Å². The van der Waals surface area contributed by atoms with Crippen molar-refractivity contribution in [3.8, 4) is 11.4 Å². The summed E-state index contributed by atoms with van der Waals surface area (Å²) in [6, 6.07) is 2.81. The third kappa shape index (κ3) is 2.28. The SMILES string of the molecule is Cn1nc(-c2ccc(F)c(C(F)(F)F)c2)nc1C1CC1. The van der Waals surface area contributed by atoms with Gasteiger partial charge in [0, 0.05) is 18.5 Å². The molecule has 0 unspecified atom stereocenters. The first-order valence-corrected chi connectivity index (χ1v) is 6.14. The summed E-state index contributed by atoms with van der Waals surface area (Å²) >= 11 is 0. The van der Waals surface area contributed by atoms with Crippen molar-refractivity contribution in [2.24, 2.45) is 7.05 Å². The standard InChI is InChI=1S/C13H11F4N3/c1-20-12(7-2-3-7)18-11(19-20)8-4-5-10(14)9(6-8)13(15,16)17/h4-7H,2-3H2,1H3. The summed E-state index contributed by atoms with van der Waals surface area (Å²) in [5.41, 5.74) is -1.13. The third-order valence-electron chi connectivity index (χ3n) is 3.27. The molecule has 0 N–H and O–H groups in total. The molecule has 1 saturated carbocycles. The van der Waals surface area contributed by atoms with Gasteiger partial charge in [-0.05, 0) is 31.0 Å². The summed E-state index contributed by atoms with van der Waals surface area (Å²) in [6.45, 7) is 0. The quantitative estimate of drug-likeness (QED) is 0.790. The number of benzene rings is 1. The molecule has 1 fully saturated rings. The van der Waals surface area contributed by atoms with Gasteiger partial charge in [0.15, 0.2) is 5.82 Å². The lowest BCUT2D eigenvalue weighted by Gasteiger charge is -2.08. The number of alkyl halides is 3. The number of hydrogen-bond acceptors (Lipinski definition) is 2. The van der Waals surface area contributed by atoms with Gasteiger partial charge in [-0.25, -0.2) is 9.37 Å². The minimum Gasteiger partial charge on any atom is -0.252 e. The molecule has 106 valence electrons. The van der Waals surface area contributed by atoms with Crippen LogP contribution in [0.1, 0.15) is 30.1 Å². The van der Waals surface area contributed by atoms with Crippen LogP contribution in [0.25, 0.3) is 11.4 Å². The van der Waals surface area contributed by atoms with E-state index in [4.69, 9.17) is 0 Å². The van der Waals surface area contributed by atoms with Gasteiger partial charge in [-0.15, -0.1) is 0 Å². The smallest absolute Gasteiger partial charge is 0.252 e. The number of hydrogen-bond donors (Lipinski definition) is 0. The van der Waals surface area contributed by atoms with E-state index in [1.165, 1.54) is 6.07 Å². The molecule has 1 aromatic carbocycles. The maximum absolute atomic E-state index is 13.2. The number of halogens is 4. The second kappa shape index (κ2) is 4.29. The zero-order chi connectivity index (χ0) is 14.5. The van der Waals surface area contributed by atoms with Crippen molar-refractivity contribution in [1.29, 1.82) is 0 Å². The normalized spacial score (nSPS) is 15.7. The molecule has 3 nitrogen and oxygen atoms in total. The van der Waals surface area contributed by atoms with Gasteiger partial charge in [-0.2, -0.15) is 18.3 Å². The predicted molar refractivity (Wildman–Crippen MR) is 63.4 cm³/mol. The summed E-state index contributed by atoms with van der Waals surface area (Å²) < 4.78 is 52.9. The molecule has 0 saturated heterocycles. The molecule has 7 heteroatoms. The van der Waals surface area contributed by atoms with Crippen LogP contribution in [0.5, 0.6) is 0 Å². The van der Waals surface area contributed by atoms with Crippen molar-refractivity contribution >= 4 is 0 Å². The Balaban J connectivity index is 2.04. The Morgan fingerprint density at radius 1 is 1.25 bits per heavy atom. The molecule has 0 aliphatic heterocycles. The Labute approximate surface area is 112 Å². The van der Waals surface area contributed by atoms with E-state index < -0.39 is 17.6 Å². The van der Waals surface area contributed by atoms with Gasteiger partial charge in [0.1, 0.15) is 11.6 Å². The highest BCUT2D eigenvalue weighted by molar-refractivity contribution is 5.56. The molecule has 20 heavy (non-hydrogen) atoms. The highest BCUT2D eigenvalue weighted by Gasteiger charge is 2.35. The van der Waals surface area contributed by atoms with Crippen LogP contribution in [0.2, 0.25) is 0 Å². The Bertz CT molecular complexity index is 656. The predicted octanol–water partition coefficient (Wildman–Crippen LogP) is 3.52. The number of nitrogens with zero attached hydrogens (tertiary/aromatic N) is 3. The van der Waals surface area contributed by atoms with Crippen LogP contribution in [-0.4, -0.2) is 14.8 Å². The van der Waals surface area contributed by atoms with Gasteiger partial charge < -0.3 is 0 Å². The summed E-state index contributed by atoms with van der Waals surface area (Å²) in [5.74, 6) is 0.00108. The van der Waals surface area contributed by atoms with Crippen molar-refractivity contribution in [3.05, 3.63) is 35.4 Å². The third-order valence-corrected chi connectivity index (χ3v) is 3.27. The first-order chi connectivity index (χ1) is 9.36. The fourth-order valence-corrected chi connectivity index (χ4v) is 2.10. The number of aryl methyl sites for hydroxylation is 1. The fourth-order valence-electron chi connectivity index (χ4n) is 2.10. The van der Waals surface area contributed by atoms with E-state index in [9.17, 15) is 17.6 Å². The Hall–Kier alpha value is -1.92. The second-order valence-electron chi connectivity index (χ2n) is 4.88. The molecule has 1 heterocycles. The number of aromatic nitrogens is 3. The summed E-state index contributed by atoms with van der Waals surface area (Å²) in [4.78, 5) is 4.26. The van der Waals surface area contributed by atoms with Crippen molar-refractivity contribution in [1.82, 2.24) is 14.8 Å². The molecule has 0 amide bonds. The van der Waals surface area contributed by atoms with E-state index in [1.54, 1.807) is 11.7 Å². The van der Waals surface area contributed by atoms with E-state index in [1.807, 2.05) is 0 Å². The minimum absolute atomic E-state index is 0.168. The van der Waals surface area contributed by atoms with Gasteiger partial charge >= 0.3 is 6.18 Å². The summed E-state index contributed by atoms with van der Waals surface area (Å²) in [6.07, 6.45) is -2.69. The van der Waals surface area contributed by atoms with E-state index in [0.717, 1.165) is 30.8 Å². The molecule has 3 rings (SSSR count). The highest BCUT2D eigenvalue weighted by atomic mass is 19.4. The lowest BCUT2D eigenvalue weighted by molar-refractivity contribution is -0.139. The average molecular weight is 285 g/mol. The lowest BCUT2D eigenvalue weighted by atomic mass is 10.1. The maximum Gasteiger partial charge on any atom is 0.419 e. The highest BCUT2D eigenvalue weighted by Crippen LogP contribution is 2.39. The molecular formula is C13H11F4N3. The van der Waals surface area contributed by atoms with E-state index in [0.29, 0.717) is 5.92 Å². The minimum atomic E-state index is -4.73. The Morgan fingerprint density at radius 3 is 2.55 bits per heavy atom. The van der Waals surface area contributed by atoms with Crippen LogP contribution in [0.15, 0.2) is 18.2 Å². The molecule has 1 aliphatic carbocycles. The molecule has 1 aliphatic rings. The van der Waals surface area contributed by atoms with Crippen LogP contribution in [0.4, 0.5) is 17.6 Å². The van der Waals surface area contributed by atoms with Gasteiger partial charge in [-0.1, -0.05) is 0 Å². The summed E-state index contributed by atoms with van der Waals surface area (Å²) in [7, 11) is 1.71. The Kier molecular flexibility index (Phi) is 2.81. The lowest BCUT2D eigenvalue weighted by Crippen LogP contribution is -2.08. The molecular weight excluding hydrogens is 274 g/mol. The van der Waals surface area contributed by atoms with Crippen LogP contribution >= 0.6 is 0 Å². The molecule has 0 radical (unpaired) electrons. The molecule has 2 aromatic rings. The maximum atomic E-state index is 13.2. The first kappa shape index (κ1) is 13.1. The molecule has 1 aromatic heterocycles. The van der Waals surface area contributed by atoms with E-state index >= 15 is 0 Å². The van der Waals surface area contributed by atoms with Crippen LogP contribution in [0, 0.1) is 5.82 Å². The van der Waals surface area contributed by atoms with Crippen LogP contribution in [-0.2, 0) is 13.2 Å². The second-order valence-corrected chi connectivity index (χ2v) is 4.88. The van der Waals surface area contributed by atoms with Crippen molar-refractivity contribution in [2.45, 2.75) is 24.9 Å². The van der Waals surface area contributed by atoms with Gasteiger partial charge in [-0.3, -0.25) is 4.68 Å². The van der Waals surface area contributed by atoms with Crippen molar-refractivity contribution < 1.29 is 17.6 Å². The first-order valence-electron chi connectivity index (χ1n) is 6.14. The zero-order valence-corrected chi connectivity index (χ0v) is 10.6. The van der Waals surface area contributed by atoms with Gasteiger partial charge in [0.05, 0.1) is 5.56 Å². The molecule has 0 spiro atoms. The largest absolute Gasteiger partial charge is 0.419 e. The zero-order valence-electron chi connectivity index (χ0n) is 10.6. The topological polar surface area (TPSA) is 30.7 Å². The summed E-state index contributed by atoms with van der Waals surface area (Å²) in [5, 5.41) is 4.11.